The summed E-state index contributed by atoms with van der Waals surface area (Å²) < 4.78 is 10.6. The maximum atomic E-state index is 12.2. The Balaban J connectivity index is 2.07. The van der Waals surface area contributed by atoms with Crippen LogP contribution in [0.1, 0.15) is 6.92 Å². The molecule has 0 aromatic heterocycles. The summed E-state index contributed by atoms with van der Waals surface area (Å²) >= 11 is 0. The second-order valence-electron chi connectivity index (χ2n) is 4.70. The number of nitro benzene ring substituents is 1. The quantitative estimate of drug-likeness (QED) is 0.653. The largest absolute Gasteiger partial charge is 0.497 e. The molecular formula is C16H16N2O5. The zero-order valence-electron chi connectivity index (χ0n) is 12.7. The van der Waals surface area contributed by atoms with Crippen LogP contribution in [0.4, 0.5) is 11.4 Å². The van der Waals surface area contributed by atoms with E-state index in [0.717, 1.165) is 0 Å². The van der Waals surface area contributed by atoms with E-state index in [-0.39, 0.29) is 11.4 Å². The number of para-hydroxylation sites is 2. The molecule has 120 valence electrons. The van der Waals surface area contributed by atoms with Crippen molar-refractivity contribution in [2.24, 2.45) is 0 Å². The maximum Gasteiger partial charge on any atom is 0.292 e. The average Bonchev–Trinajstić information content (AvgIpc) is 2.55. The lowest BCUT2D eigenvalue weighted by molar-refractivity contribution is -0.383. The number of carbonyl (C=O) groups is 1. The highest BCUT2D eigenvalue weighted by Crippen LogP contribution is 2.24. The van der Waals surface area contributed by atoms with Crippen molar-refractivity contribution >= 4 is 17.3 Å². The zero-order valence-corrected chi connectivity index (χ0v) is 12.7. The van der Waals surface area contributed by atoms with E-state index in [1.54, 1.807) is 37.3 Å². The van der Waals surface area contributed by atoms with Crippen molar-refractivity contribution in [2.75, 3.05) is 12.4 Å². The minimum absolute atomic E-state index is 0.128. The number of rotatable bonds is 6. The predicted molar refractivity (Wildman–Crippen MR) is 84.8 cm³/mol. The van der Waals surface area contributed by atoms with Gasteiger partial charge in [0.25, 0.3) is 11.6 Å². The van der Waals surface area contributed by atoms with Gasteiger partial charge in [0.05, 0.1) is 12.0 Å². The molecule has 1 atom stereocenters. The first kappa shape index (κ1) is 16.3. The smallest absolute Gasteiger partial charge is 0.292 e. The van der Waals surface area contributed by atoms with Crippen LogP contribution in [0.15, 0.2) is 48.5 Å². The van der Waals surface area contributed by atoms with Crippen molar-refractivity contribution in [3.05, 3.63) is 58.6 Å². The van der Waals surface area contributed by atoms with Crippen LogP contribution in [0.25, 0.3) is 0 Å². The number of nitro groups is 1. The second kappa shape index (κ2) is 7.26. The molecule has 0 aliphatic rings. The SMILES string of the molecule is COc1cccc(OC(C)C(=O)Nc2ccccc2[N+](=O)[O-])c1. The van der Waals surface area contributed by atoms with E-state index in [1.165, 1.54) is 25.3 Å². The third kappa shape index (κ3) is 4.19. The Morgan fingerprint density at radius 1 is 1.17 bits per heavy atom. The van der Waals surface area contributed by atoms with Crippen LogP contribution in [0.3, 0.4) is 0 Å². The van der Waals surface area contributed by atoms with Crippen LogP contribution in [0, 0.1) is 10.1 Å². The number of nitrogens with zero attached hydrogens (tertiary/aromatic N) is 1. The molecule has 2 aromatic carbocycles. The van der Waals surface area contributed by atoms with Gasteiger partial charge >= 0.3 is 0 Å². The molecule has 2 aromatic rings. The first-order chi connectivity index (χ1) is 11.0. The lowest BCUT2D eigenvalue weighted by Crippen LogP contribution is -2.30. The minimum atomic E-state index is -0.832. The van der Waals surface area contributed by atoms with E-state index in [1.807, 2.05) is 0 Å². The first-order valence-corrected chi connectivity index (χ1v) is 6.86. The Hall–Kier alpha value is -3.09. The molecule has 2 rings (SSSR count). The average molecular weight is 316 g/mol. The van der Waals surface area contributed by atoms with E-state index < -0.39 is 16.9 Å². The van der Waals surface area contributed by atoms with Crippen LogP contribution in [-0.2, 0) is 4.79 Å². The number of benzene rings is 2. The molecule has 1 amide bonds. The molecule has 0 saturated heterocycles. The summed E-state index contributed by atoms with van der Waals surface area (Å²) in [5.41, 5.74) is -0.0435. The molecule has 0 spiro atoms. The van der Waals surface area contributed by atoms with Gasteiger partial charge in [0, 0.05) is 12.1 Å². The highest BCUT2D eigenvalue weighted by atomic mass is 16.6. The van der Waals surface area contributed by atoms with Gasteiger partial charge < -0.3 is 14.8 Å². The molecule has 7 nitrogen and oxygen atoms in total. The fourth-order valence-corrected chi connectivity index (χ4v) is 1.91. The number of methoxy groups -OCH3 is 1. The van der Waals surface area contributed by atoms with E-state index in [9.17, 15) is 14.9 Å². The topological polar surface area (TPSA) is 90.7 Å². The highest BCUT2D eigenvalue weighted by molar-refractivity contribution is 5.96. The third-order valence-corrected chi connectivity index (χ3v) is 3.08. The Bertz CT molecular complexity index is 717. The Kier molecular flexibility index (Phi) is 5.14. The van der Waals surface area contributed by atoms with Crippen LogP contribution < -0.4 is 14.8 Å². The van der Waals surface area contributed by atoms with Gasteiger partial charge in [-0.1, -0.05) is 18.2 Å². The molecular weight excluding hydrogens is 300 g/mol. The molecule has 23 heavy (non-hydrogen) atoms. The summed E-state index contributed by atoms with van der Waals surface area (Å²) in [6, 6.07) is 12.8. The molecule has 7 heteroatoms. The van der Waals surface area contributed by atoms with E-state index >= 15 is 0 Å². The van der Waals surface area contributed by atoms with Crippen molar-refractivity contribution in [3.63, 3.8) is 0 Å². The molecule has 0 bridgehead atoms. The minimum Gasteiger partial charge on any atom is -0.497 e. The summed E-state index contributed by atoms with van der Waals surface area (Å²) in [6.07, 6.45) is -0.832. The number of anilines is 1. The molecule has 0 heterocycles. The van der Waals surface area contributed by atoms with Gasteiger partial charge in [-0.3, -0.25) is 14.9 Å². The lowest BCUT2D eigenvalue weighted by atomic mass is 10.2. The molecule has 0 saturated carbocycles. The maximum absolute atomic E-state index is 12.2. The monoisotopic (exact) mass is 316 g/mol. The van der Waals surface area contributed by atoms with Gasteiger partial charge in [-0.25, -0.2) is 0 Å². The number of ether oxygens (including phenoxy) is 2. The Labute approximate surface area is 133 Å². The number of hydrogen-bond donors (Lipinski definition) is 1. The van der Waals surface area contributed by atoms with E-state index in [0.29, 0.717) is 11.5 Å². The van der Waals surface area contributed by atoms with E-state index in [2.05, 4.69) is 5.32 Å². The summed E-state index contributed by atoms with van der Waals surface area (Å²) in [6.45, 7) is 1.56. The first-order valence-electron chi connectivity index (χ1n) is 6.86. The van der Waals surface area contributed by atoms with Crippen molar-refractivity contribution < 1.29 is 19.2 Å². The molecule has 0 radical (unpaired) electrons. The number of carbonyl (C=O) groups excluding carboxylic acids is 1. The third-order valence-electron chi connectivity index (χ3n) is 3.08. The fraction of sp³-hybridized carbons (Fsp3) is 0.188. The van der Waals surface area contributed by atoms with Gasteiger partial charge in [-0.05, 0) is 25.1 Å². The van der Waals surface area contributed by atoms with Crippen molar-refractivity contribution in [2.45, 2.75) is 13.0 Å². The summed E-state index contributed by atoms with van der Waals surface area (Å²) in [7, 11) is 1.53. The number of hydrogen-bond acceptors (Lipinski definition) is 5. The van der Waals surface area contributed by atoms with Crippen molar-refractivity contribution in [3.8, 4) is 11.5 Å². The van der Waals surface area contributed by atoms with Crippen LogP contribution in [0.5, 0.6) is 11.5 Å². The normalized spacial score (nSPS) is 11.4. The van der Waals surface area contributed by atoms with Crippen LogP contribution >= 0.6 is 0 Å². The van der Waals surface area contributed by atoms with Crippen molar-refractivity contribution in [1.29, 1.82) is 0 Å². The second-order valence-corrected chi connectivity index (χ2v) is 4.70. The highest BCUT2D eigenvalue weighted by Gasteiger charge is 2.19. The molecule has 1 N–H and O–H groups in total. The van der Waals surface area contributed by atoms with E-state index in [4.69, 9.17) is 9.47 Å². The van der Waals surface area contributed by atoms with Gasteiger partial charge in [0.15, 0.2) is 6.10 Å². The predicted octanol–water partition coefficient (Wildman–Crippen LogP) is 3.01. The van der Waals surface area contributed by atoms with Crippen LogP contribution in [-0.4, -0.2) is 24.0 Å². The fourth-order valence-electron chi connectivity index (χ4n) is 1.91. The van der Waals surface area contributed by atoms with Gasteiger partial charge in [-0.15, -0.1) is 0 Å². The lowest BCUT2D eigenvalue weighted by Gasteiger charge is -2.15. The molecule has 1 unspecified atom stereocenters. The van der Waals surface area contributed by atoms with Gasteiger partial charge in [-0.2, -0.15) is 0 Å². The molecule has 0 aliphatic carbocycles. The summed E-state index contributed by atoms with van der Waals surface area (Å²) in [5, 5.41) is 13.4. The summed E-state index contributed by atoms with van der Waals surface area (Å²) in [5.74, 6) is 0.588. The van der Waals surface area contributed by atoms with Gasteiger partial charge in [0.2, 0.25) is 0 Å². The molecule has 0 fully saturated rings. The Morgan fingerprint density at radius 3 is 2.57 bits per heavy atom. The summed E-state index contributed by atoms with van der Waals surface area (Å²) in [4.78, 5) is 22.5. The zero-order chi connectivity index (χ0) is 16.8. The standard InChI is InChI=1S/C16H16N2O5/c1-11(23-13-7-5-6-12(10-13)22-2)16(19)17-14-8-3-4-9-15(14)18(20)21/h3-11H,1-2H3,(H,17,19). The number of amides is 1. The van der Waals surface area contributed by atoms with Crippen molar-refractivity contribution in [1.82, 2.24) is 0 Å². The number of nitrogens with one attached hydrogen (secondary N) is 1. The van der Waals surface area contributed by atoms with Crippen LogP contribution in [0.2, 0.25) is 0 Å². The Morgan fingerprint density at radius 2 is 1.87 bits per heavy atom. The van der Waals surface area contributed by atoms with Gasteiger partial charge in [0.1, 0.15) is 17.2 Å². The molecule has 0 aliphatic heterocycles.